The number of sulfonamides is 1. The predicted molar refractivity (Wildman–Crippen MR) is 102 cm³/mol. The Hall–Kier alpha value is -1.67. The maximum atomic E-state index is 12.4. The SMILES string of the molecule is CCN(CC)S(=O)(=O)c1ccc(CNC(=O)c2nc(Cl)ccc2Cl)cc1. The van der Waals surface area contributed by atoms with Crippen molar-refractivity contribution < 1.29 is 13.2 Å². The van der Waals surface area contributed by atoms with E-state index in [9.17, 15) is 13.2 Å². The Morgan fingerprint density at radius 2 is 1.69 bits per heavy atom. The number of nitrogens with one attached hydrogen (secondary N) is 1. The third kappa shape index (κ3) is 4.73. The van der Waals surface area contributed by atoms with Crippen molar-refractivity contribution in [3.63, 3.8) is 0 Å². The minimum atomic E-state index is -3.50. The number of carbonyl (C=O) groups excluding carboxylic acids is 1. The van der Waals surface area contributed by atoms with Crippen LogP contribution in [0.5, 0.6) is 0 Å². The van der Waals surface area contributed by atoms with Crippen LogP contribution in [0.25, 0.3) is 0 Å². The normalized spacial score (nSPS) is 11.6. The highest BCUT2D eigenvalue weighted by Gasteiger charge is 2.21. The summed E-state index contributed by atoms with van der Waals surface area (Å²) in [5.41, 5.74) is 0.787. The Kier molecular flexibility index (Phi) is 7.00. The second kappa shape index (κ2) is 8.81. The Morgan fingerprint density at radius 3 is 2.27 bits per heavy atom. The molecule has 0 aliphatic rings. The summed E-state index contributed by atoms with van der Waals surface area (Å²) in [6, 6.07) is 9.36. The van der Waals surface area contributed by atoms with Gasteiger partial charge in [0.05, 0.1) is 9.92 Å². The van der Waals surface area contributed by atoms with E-state index in [1.165, 1.54) is 28.6 Å². The van der Waals surface area contributed by atoms with Gasteiger partial charge in [0.2, 0.25) is 10.0 Å². The predicted octanol–water partition coefficient (Wildman–Crippen LogP) is 3.35. The van der Waals surface area contributed by atoms with Crippen molar-refractivity contribution in [2.24, 2.45) is 0 Å². The molecule has 2 rings (SSSR count). The van der Waals surface area contributed by atoms with E-state index in [4.69, 9.17) is 23.2 Å². The van der Waals surface area contributed by atoms with Gasteiger partial charge in [0.25, 0.3) is 5.91 Å². The maximum absolute atomic E-state index is 12.4. The molecule has 1 aromatic carbocycles. The van der Waals surface area contributed by atoms with Crippen molar-refractivity contribution in [3.05, 3.63) is 57.8 Å². The van der Waals surface area contributed by atoms with Crippen LogP contribution in [0.1, 0.15) is 29.9 Å². The van der Waals surface area contributed by atoms with Crippen LogP contribution in [0.3, 0.4) is 0 Å². The second-order valence-corrected chi connectivity index (χ2v) is 8.11. The van der Waals surface area contributed by atoms with E-state index in [0.29, 0.717) is 13.1 Å². The lowest BCUT2D eigenvalue weighted by molar-refractivity contribution is 0.0946. The first-order valence-corrected chi connectivity index (χ1v) is 10.2. The molecule has 0 fully saturated rings. The number of rotatable bonds is 7. The second-order valence-electron chi connectivity index (χ2n) is 5.38. The fraction of sp³-hybridized carbons (Fsp3) is 0.294. The smallest absolute Gasteiger partial charge is 0.271 e. The minimum Gasteiger partial charge on any atom is -0.347 e. The molecule has 9 heteroatoms. The van der Waals surface area contributed by atoms with E-state index in [0.717, 1.165) is 5.56 Å². The highest BCUT2D eigenvalue weighted by molar-refractivity contribution is 7.89. The van der Waals surface area contributed by atoms with Crippen molar-refractivity contribution in [3.8, 4) is 0 Å². The van der Waals surface area contributed by atoms with Gasteiger partial charge >= 0.3 is 0 Å². The summed E-state index contributed by atoms with van der Waals surface area (Å²) in [6.07, 6.45) is 0. The number of halogens is 2. The molecule has 0 aliphatic carbocycles. The van der Waals surface area contributed by atoms with Gasteiger partial charge in [-0.15, -0.1) is 0 Å². The first-order valence-electron chi connectivity index (χ1n) is 7.99. The molecule has 1 aromatic heterocycles. The van der Waals surface area contributed by atoms with Gasteiger partial charge in [0, 0.05) is 19.6 Å². The van der Waals surface area contributed by atoms with Crippen molar-refractivity contribution in [1.29, 1.82) is 0 Å². The maximum Gasteiger partial charge on any atom is 0.271 e. The number of benzene rings is 1. The number of nitrogens with zero attached hydrogens (tertiary/aromatic N) is 2. The van der Waals surface area contributed by atoms with Crippen LogP contribution in [-0.2, 0) is 16.6 Å². The summed E-state index contributed by atoms with van der Waals surface area (Å²) in [5.74, 6) is -0.461. The Morgan fingerprint density at radius 1 is 1.08 bits per heavy atom. The van der Waals surface area contributed by atoms with Gasteiger partial charge in [-0.25, -0.2) is 13.4 Å². The molecule has 0 saturated heterocycles. The molecule has 0 spiro atoms. The Labute approximate surface area is 163 Å². The van der Waals surface area contributed by atoms with Gasteiger partial charge in [0.1, 0.15) is 10.8 Å². The lowest BCUT2D eigenvalue weighted by atomic mass is 10.2. The number of hydrogen-bond acceptors (Lipinski definition) is 4. The van der Waals surface area contributed by atoms with E-state index in [2.05, 4.69) is 10.3 Å². The number of amides is 1. The van der Waals surface area contributed by atoms with Crippen LogP contribution >= 0.6 is 23.2 Å². The highest BCUT2D eigenvalue weighted by atomic mass is 35.5. The zero-order valence-corrected chi connectivity index (χ0v) is 16.7. The molecule has 0 radical (unpaired) electrons. The molecule has 140 valence electrons. The van der Waals surface area contributed by atoms with E-state index in [1.807, 2.05) is 0 Å². The molecule has 2 aromatic rings. The van der Waals surface area contributed by atoms with Gasteiger partial charge in [-0.05, 0) is 29.8 Å². The quantitative estimate of drug-likeness (QED) is 0.703. The van der Waals surface area contributed by atoms with Crippen molar-refractivity contribution in [2.45, 2.75) is 25.3 Å². The van der Waals surface area contributed by atoms with E-state index in [-0.39, 0.29) is 27.3 Å². The van der Waals surface area contributed by atoms with E-state index >= 15 is 0 Å². The van der Waals surface area contributed by atoms with E-state index in [1.54, 1.807) is 26.0 Å². The van der Waals surface area contributed by atoms with Gasteiger partial charge in [0.15, 0.2) is 0 Å². The van der Waals surface area contributed by atoms with Gasteiger partial charge in [-0.2, -0.15) is 4.31 Å². The first kappa shape index (κ1) is 20.6. The van der Waals surface area contributed by atoms with Crippen LogP contribution in [0.4, 0.5) is 0 Å². The third-order valence-corrected chi connectivity index (χ3v) is 6.33. The van der Waals surface area contributed by atoms with Gasteiger partial charge in [-0.3, -0.25) is 4.79 Å². The molecule has 0 atom stereocenters. The van der Waals surface area contributed by atoms with Crippen molar-refractivity contribution in [2.75, 3.05) is 13.1 Å². The molecule has 6 nitrogen and oxygen atoms in total. The summed E-state index contributed by atoms with van der Waals surface area (Å²) < 4.78 is 26.3. The topological polar surface area (TPSA) is 79.4 Å². The standard InChI is InChI=1S/C17H19Cl2N3O3S/c1-3-22(4-2)26(24,25)13-7-5-12(6-8-13)11-20-17(23)16-14(18)9-10-15(19)21-16/h5-10H,3-4,11H2,1-2H3,(H,20,23). The summed E-state index contributed by atoms with van der Waals surface area (Å²) in [7, 11) is -3.50. The zero-order chi connectivity index (χ0) is 19.3. The highest BCUT2D eigenvalue weighted by Crippen LogP contribution is 2.18. The number of pyridine rings is 1. The van der Waals surface area contributed by atoms with Crippen LogP contribution in [-0.4, -0.2) is 36.7 Å². The minimum absolute atomic E-state index is 0.0416. The van der Waals surface area contributed by atoms with Crippen molar-refractivity contribution >= 4 is 39.1 Å². The van der Waals surface area contributed by atoms with Crippen LogP contribution in [0.2, 0.25) is 10.2 Å². The van der Waals surface area contributed by atoms with Crippen molar-refractivity contribution in [1.82, 2.24) is 14.6 Å². The summed E-state index contributed by atoms with van der Waals surface area (Å²) in [5, 5.41) is 3.06. The average Bonchev–Trinajstić information content (AvgIpc) is 2.63. The van der Waals surface area contributed by atoms with Crippen LogP contribution in [0, 0.1) is 0 Å². The first-order chi connectivity index (χ1) is 12.3. The third-order valence-electron chi connectivity index (χ3n) is 3.75. The summed E-state index contributed by atoms with van der Waals surface area (Å²) in [6.45, 7) is 4.60. The summed E-state index contributed by atoms with van der Waals surface area (Å²) in [4.78, 5) is 16.3. The fourth-order valence-corrected chi connectivity index (χ4v) is 4.13. The lowest BCUT2D eigenvalue weighted by Gasteiger charge is -2.18. The lowest BCUT2D eigenvalue weighted by Crippen LogP contribution is -2.30. The average molecular weight is 416 g/mol. The van der Waals surface area contributed by atoms with Gasteiger partial charge in [-0.1, -0.05) is 49.2 Å². The Bertz CT molecular complexity index is 883. The zero-order valence-electron chi connectivity index (χ0n) is 14.4. The fourth-order valence-electron chi connectivity index (χ4n) is 2.34. The van der Waals surface area contributed by atoms with Crippen LogP contribution in [0.15, 0.2) is 41.3 Å². The largest absolute Gasteiger partial charge is 0.347 e. The van der Waals surface area contributed by atoms with Crippen LogP contribution < -0.4 is 5.32 Å². The monoisotopic (exact) mass is 415 g/mol. The van der Waals surface area contributed by atoms with E-state index < -0.39 is 15.9 Å². The molecule has 1 N–H and O–H groups in total. The molecule has 1 heterocycles. The molecule has 0 saturated carbocycles. The Balaban J connectivity index is 2.08. The summed E-state index contributed by atoms with van der Waals surface area (Å²) >= 11 is 11.7. The number of hydrogen-bond donors (Lipinski definition) is 1. The van der Waals surface area contributed by atoms with Gasteiger partial charge < -0.3 is 5.32 Å². The molecule has 0 bridgehead atoms. The molecular formula is C17H19Cl2N3O3S. The molecule has 0 unspecified atom stereocenters. The molecule has 26 heavy (non-hydrogen) atoms. The molecule has 0 aliphatic heterocycles. The molecular weight excluding hydrogens is 397 g/mol. The number of aromatic nitrogens is 1. The molecule has 1 amide bonds. The number of carbonyl (C=O) groups is 1.